The summed E-state index contributed by atoms with van der Waals surface area (Å²) in [5, 5.41) is 3.43. The number of hydrogen-bond donors (Lipinski definition) is 1. The van der Waals surface area contributed by atoms with Gasteiger partial charge in [0.2, 0.25) is 0 Å². The van der Waals surface area contributed by atoms with Crippen LogP contribution in [-0.2, 0) is 17.6 Å². The van der Waals surface area contributed by atoms with Crippen LogP contribution in [0, 0.1) is 12.7 Å². The second kappa shape index (κ2) is 6.87. The monoisotopic (exact) mass is 367 g/mol. The number of halogens is 1. The first kappa shape index (κ1) is 17.3. The molecule has 4 rings (SSSR count). The van der Waals surface area contributed by atoms with Crippen molar-refractivity contribution in [2.45, 2.75) is 26.2 Å². The van der Waals surface area contributed by atoms with Crippen LogP contribution >= 0.6 is 0 Å². The maximum absolute atomic E-state index is 12.9. The van der Waals surface area contributed by atoms with Crippen LogP contribution < -0.4 is 15.7 Å². The van der Waals surface area contributed by atoms with Gasteiger partial charge in [0.05, 0.1) is 5.39 Å². The topological polar surface area (TPSA) is 68.5 Å². The molecule has 1 amide bonds. The van der Waals surface area contributed by atoms with E-state index in [2.05, 4.69) is 5.32 Å². The zero-order valence-electron chi connectivity index (χ0n) is 14.8. The lowest BCUT2D eigenvalue weighted by Crippen LogP contribution is -2.20. The molecule has 1 heterocycles. The first-order valence-electron chi connectivity index (χ1n) is 8.79. The minimum absolute atomic E-state index is 0.205. The Balaban J connectivity index is 1.60. The SMILES string of the molecule is Cc1cc(OCC(=O)Nc2ccc(F)cc2)c2c3c(c(=O)oc2c1)CCC3. The first-order valence-corrected chi connectivity index (χ1v) is 8.79. The van der Waals surface area contributed by atoms with Crippen LogP contribution in [0.5, 0.6) is 5.75 Å². The van der Waals surface area contributed by atoms with Gasteiger partial charge < -0.3 is 14.5 Å². The van der Waals surface area contributed by atoms with E-state index in [1.54, 1.807) is 6.07 Å². The standard InChI is InChI=1S/C21H18FNO4/c1-12-9-17(26-11-19(24)23-14-7-5-13(22)6-8-14)20-15-3-2-4-16(15)21(25)27-18(20)10-12/h5-10H,2-4,11H2,1H3,(H,23,24). The molecule has 1 aliphatic carbocycles. The second-order valence-electron chi connectivity index (χ2n) is 6.68. The summed E-state index contributed by atoms with van der Waals surface area (Å²) in [6.45, 7) is 1.67. The summed E-state index contributed by atoms with van der Waals surface area (Å²) in [5.41, 5.74) is 3.21. The summed E-state index contributed by atoms with van der Waals surface area (Å²) in [7, 11) is 0. The second-order valence-corrected chi connectivity index (χ2v) is 6.68. The third-order valence-corrected chi connectivity index (χ3v) is 4.67. The zero-order chi connectivity index (χ0) is 19.0. The van der Waals surface area contributed by atoms with Crippen LogP contribution in [0.2, 0.25) is 0 Å². The highest BCUT2D eigenvalue weighted by Gasteiger charge is 2.22. The Kier molecular flexibility index (Phi) is 4.39. The van der Waals surface area contributed by atoms with Crippen molar-refractivity contribution in [2.75, 3.05) is 11.9 Å². The van der Waals surface area contributed by atoms with Gasteiger partial charge in [-0.2, -0.15) is 0 Å². The van der Waals surface area contributed by atoms with E-state index in [0.29, 0.717) is 29.0 Å². The molecule has 0 bridgehead atoms. The van der Waals surface area contributed by atoms with Crippen molar-refractivity contribution in [2.24, 2.45) is 0 Å². The molecular weight excluding hydrogens is 349 g/mol. The predicted molar refractivity (Wildman–Crippen MR) is 99.8 cm³/mol. The molecule has 6 heteroatoms. The fourth-order valence-electron chi connectivity index (χ4n) is 3.49. The van der Waals surface area contributed by atoms with Crippen molar-refractivity contribution in [3.8, 4) is 5.75 Å². The molecule has 27 heavy (non-hydrogen) atoms. The third-order valence-electron chi connectivity index (χ3n) is 4.67. The van der Waals surface area contributed by atoms with Crippen molar-refractivity contribution in [3.05, 3.63) is 69.3 Å². The summed E-state index contributed by atoms with van der Waals surface area (Å²) in [4.78, 5) is 24.3. The van der Waals surface area contributed by atoms with Gasteiger partial charge in [0.1, 0.15) is 17.1 Å². The molecule has 3 aromatic rings. The van der Waals surface area contributed by atoms with Crippen LogP contribution in [0.1, 0.15) is 23.1 Å². The van der Waals surface area contributed by atoms with Gasteiger partial charge in [-0.15, -0.1) is 0 Å². The van der Waals surface area contributed by atoms with Crippen LogP contribution in [0.3, 0.4) is 0 Å². The lowest BCUT2D eigenvalue weighted by molar-refractivity contribution is -0.118. The molecule has 1 N–H and O–H groups in total. The summed E-state index contributed by atoms with van der Waals surface area (Å²) < 4.78 is 24.2. The Morgan fingerprint density at radius 3 is 2.70 bits per heavy atom. The lowest BCUT2D eigenvalue weighted by Gasteiger charge is -2.13. The summed E-state index contributed by atoms with van der Waals surface area (Å²) in [6.07, 6.45) is 2.39. The van der Waals surface area contributed by atoms with E-state index in [1.807, 2.05) is 13.0 Å². The van der Waals surface area contributed by atoms with E-state index >= 15 is 0 Å². The molecule has 0 saturated carbocycles. The highest BCUT2D eigenvalue weighted by Crippen LogP contribution is 2.35. The molecule has 0 spiro atoms. The van der Waals surface area contributed by atoms with E-state index in [4.69, 9.17) is 9.15 Å². The van der Waals surface area contributed by atoms with Crippen molar-refractivity contribution in [1.29, 1.82) is 0 Å². The maximum atomic E-state index is 12.9. The summed E-state index contributed by atoms with van der Waals surface area (Å²) in [6, 6.07) is 9.16. The number of benzene rings is 2. The van der Waals surface area contributed by atoms with Crippen LogP contribution in [0.15, 0.2) is 45.6 Å². The molecule has 0 unspecified atom stereocenters. The molecular formula is C21H18FNO4. The quantitative estimate of drug-likeness (QED) is 0.713. The van der Waals surface area contributed by atoms with E-state index < -0.39 is 0 Å². The molecule has 0 aliphatic heterocycles. The number of aryl methyl sites for hydroxylation is 2. The van der Waals surface area contributed by atoms with Gasteiger partial charge in [-0.3, -0.25) is 4.79 Å². The Labute approximate surface area is 154 Å². The van der Waals surface area contributed by atoms with Gasteiger partial charge >= 0.3 is 5.63 Å². The first-order chi connectivity index (χ1) is 13.0. The Bertz CT molecular complexity index is 1090. The van der Waals surface area contributed by atoms with Gasteiger partial charge in [-0.25, -0.2) is 9.18 Å². The minimum atomic E-state index is -0.370. The number of amides is 1. The minimum Gasteiger partial charge on any atom is -0.483 e. The molecule has 138 valence electrons. The average Bonchev–Trinajstić information content (AvgIpc) is 3.11. The van der Waals surface area contributed by atoms with Crippen molar-refractivity contribution >= 4 is 22.6 Å². The summed E-state index contributed by atoms with van der Waals surface area (Å²) >= 11 is 0. The van der Waals surface area contributed by atoms with E-state index in [0.717, 1.165) is 29.4 Å². The van der Waals surface area contributed by atoms with E-state index in [-0.39, 0.29) is 24.0 Å². The Hall–Kier alpha value is -3.15. The van der Waals surface area contributed by atoms with Gasteiger partial charge in [0, 0.05) is 11.3 Å². The van der Waals surface area contributed by atoms with Crippen molar-refractivity contribution in [1.82, 2.24) is 0 Å². The highest BCUT2D eigenvalue weighted by atomic mass is 19.1. The van der Waals surface area contributed by atoms with E-state index in [1.165, 1.54) is 24.3 Å². The number of fused-ring (bicyclic) bond motifs is 3. The summed E-state index contributed by atoms with van der Waals surface area (Å²) in [5.74, 6) is -0.197. The molecule has 0 atom stereocenters. The predicted octanol–water partition coefficient (Wildman–Crippen LogP) is 3.75. The maximum Gasteiger partial charge on any atom is 0.339 e. The number of carbonyl (C=O) groups is 1. The molecule has 2 aromatic carbocycles. The zero-order valence-corrected chi connectivity index (χ0v) is 14.8. The van der Waals surface area contributed by atoms with Crippen molar-refractivity contribution < 1.29 is 18.3 Å². The van der Waals surface area contributed by atoms with Crippen LogP contribution in [0.4, 0.5) is 10.1 Å². The Morgan fingerprint density at radius 1 is 1.19 bits per heavy atom. The third kappa shape index (κ3) is 3.43. The normalized spacial score (nSPS) is 12.8. The number of nitrogens with one attached hydrogen (secondary N) is 1. The van der Waals surface area contributed by atoms with Gasteiger partial charge in [0.15, 0.2) is 6.61 Å². The molecule has 0 radical (unpaired) electrons. The van der Waals surface area contributed by atoms with Gasteiger partial charge in [-0.05, 0) is 73.7 Å². The van der Waals surface area contributed by atoms with E-state index in [9.17, 15) is 14.0 Å². The molecule has 1 aromatic heterocycles. The van der Waals surface area contributed by atoms with Crippen LogP contribution in [0.25, 0.3) is 11.0 Å². The lowest BCUT2D eigenvalue weighted by atomic mass is 10.0. The van der Waals surface area contributed by atoms with Crippen molar-refractivity contribution in [3.63, 3.8) is 0 Å². The molecule has 0 saturated heterocycles. The van der Waals surface area contributed by atoms with Gasteiger partial charge in [-0.1, -0.05) is 0 Å². The number of rotatable bonds is 4. The Morgan fingerprint density at radius 2 is 1.93 bits per heavy atom. The fourth-order valence-corrected chi connectivity index (χ4v) is 3.49. The number of anilines is 1. The number of carbonyl (C=O) groups excluding carboxylic acids is 1. The smallest absolute Gasteiger partial charge is 0.339 e. The largest absolute Gasteiger partial charge is 0.483 e. The van der Waals surface area contributed by atoms with Gasteiger partial charge in [0.25, 0.3) is 5.91 Å². The fraction of sp³-hybridized carbons (Fsp3) is 0.238. The number of ether oxygens (including phenoxy) is 1. The molecule has 0 fully saturated rings. The molecule has 1 aliphatic rings. The number of hydrogen-bond acceptors (Lipinski definition) is 4. The van der Waals surface area contributed by atoms with Crippen LogP contribution in [-0.4, -0.2) is 12.5 Å². The average molecular weight is 367 g/mol. The molecule has 5 nitrogen and oxygen atoms in total. The highest BCUT2D eigenvalue weighted by molar-refractivity contribution is 5.93.